The van der Waals surface area contributed by atoms with E-state index in [0.717, 1.165) is 27.4 Å². The molecule has 3 aromatic rings. The number of carbonyl (C=O) groups is 5. The number of hydrogen-bond acceptors (Lipinski definition) is 11. The van der Waals surface area contributed by atoms with Crippen molar-refractivity contribution in [3.63, 3.8) is 0 Å². The quantitative estimate of drug-likeness (QED) is 0.0775. The first-order valence-corrected chi connectivity index (χ1v) is 16.3. The van der Waals surface area contributed by atoms with Gasteiger partial charge in [-0.05, 0) is 22.8 Å². The van der Waals surface area contributed by atoms with Crippen molar-refractivity contribution >= 4 is 87.3 Å². The Morgan fingerprint density at radius 1 is 1.11 bits per heavy atom. The number of allylic oxidation sites excluding steroid dienone is 1. The Hall–Kier alpha value is -4.70. The second-order valence-electron chi connectivity index (χ2n) is 9.68. The van der Waals surface area contributed by atoms with Gasteiger partial charge in [0, 0.05) is 11.1 Å². The van der Waals surface area contributed by atoms with Crippen LogP contribution in [0.4, 0.5) is 5.13 Å². The summed E-state index contributed by atoms with van der Waals surface area (Å²) in [6.45, 7) is -0.683. The molecule has 0 saturated carbocycles. The van der Waals surface area contributed by atoms with E-state index in [0.29, 0.717) is 6.41 Å². The molecule has 0 radical (unpaired) electrons. The standard InChI is InChI=1S/C30H23Cl2N5O8S2/c31-20(32)11-18-13-46-28-23(27(41)37(28)24(18)29(42)43)35-26(40)22(19-14-47-30(34-19)33-15-38)36-44-12-21(39)45-25(16-7-3-1-4-8-16)17-9-5-2-6-10-17/h1-11,14-15,23,25,28H,12-13H2,(H,35,40)(H,42,43)(H,33,34,38)/b36-22+/t23?,28-/m1/s1. The number of rotatable bonds is 13. The minimum atomic E-state index is -1.36. The van der Waals surface area contributed by atoms with Gasteiger partial charge in [-0.1, -0.05) is 89.0 Å². The molecule has 1 saturated heterocycles. The van der Waals surface area contributed by atoms with Crippen molar-refractivity contribution < 1.29 is 38.7 Å². The third kappa shape index (κ3) is 7.82. The van der Waals surface area contributed by atoms with E-state index in [1.165, 1.54) is 23.2 Å². The van der Waals surface area contributed by atoms with Crippen LogP contribution >= 0.6 is 46.3 Å². The van der Waals surface area contributed by atoms with Gasteiger partial charge in [-0.3, -0.25) is 19.3 Å². The SMILES string of the molecule is O=CNc1nc(/C(=N\OCC(=O)OC(c2ccccc2)c2ccccc2)C(=O)NC2C(=O)N3C(C(=O)O)=C(C=C(Cl)Cl)CS[C@H]23)cs1. The lowest BCUT2D eigenvalue weighted by Crippen LogP contribution is -2.71. The summed E-state index contributed by atoms with van der Waals surface area (Å²) in [6, 6.07) is 17.0. The van der Waals surface area contributed by atoms with Crippen LogP contribution in [0.25, 0.3) is 0 Å². The number of benzene rings is 2. The maximum absolute atomic E-state index is 13.5. The number of carboxylic acid groups (broad SMARTS) is 1. The summed E-state index contributed by atoms with van der Waals surface area (Å²) in [5, 5.41) is 19.3. The van der Waals surface area contributed by atoms with Crippen LogP contribution in [0, 0.1) is 0 Å². The Bertz CT molecular complexity index is 1740. The fraction of sp³-hybridized carbons (Fsp3) is 0.167. The Labute approximate surface area is 285 Å². The molecule has 3 amide bonds. The number of anilines is 1. The smallest absolute Gasteiger partial charge is 0.352 e. The monoisotopic (exact) mass is 715 g/mol. The molecule has 242 valence electrons. The maximum Gasteiger partial charge on any atom is 0.352 e. The van der Waals surface area contributed by atoms with Crippen LogP contribution in [0.5, 0.6) is 0 Å². The van der Waals surface area contributed by atoms with Crippen LogP contribution in [0.2, 0.25) is 0 Å². The number of aromatic nitrogens is 1. The molecule has 2 aromatic carbocycles. The highest BCUT2D eigenvalue weighted by molar-refractivity contribution is 8.00. The second kappa shape index (κ2) is 15.3. The van der Waals surface area contributed by atoms with Crippen molar-refractivity contribution in [1.82, 2.24) is 15.2 Å². The van der Waals surface area contributed by atoms with E-state index in [1.807, 2.05) is 60.7 Å². The summed E-state index contributed by atoms with van der Waals surface area (Å²) in [5.74, 6) is -3.59. The van der Waals surface area contributed by atoms with Crippen molar-refractivity contribution in [3.05, 3.63) is 105 Å². The zero-order chi connectivity index (χ0) is 33.5. The van der Waals surface area contributed by atoms with Gasteiger partial charge in [0.05, 0.1) is 0 Å². The molecule has 0 bridgehead atoms. The van der Waals surface area contributed by atoms with Crippen molar-refractivity contribution in [2.45, 2.75) is 17.5 Å². The van der Waals surface area contributed by atoms with E-state index >= 15 is 0 Å². The topological polar surface area (TPSA) is 177 Å². The molecule has 3 heterocycles. The average Bonchev–Trinajstić information content (AvgIpc) is 3.52. The van der Waals surface area contributed by atoms with E-state index in [2.05, 4.69) is 20.8 Å². The number of carbonyl (C=O) groups excluding carboxylic acids is 4. The molecule has 1 unspecified atom stereocenters. The zero-order valence-corrected chi connectivity index (χ0v) is 27.0. The number of aliphatic carboxylic acids is 1. The first-order chi connectivity index (χ1) is 22.7. The van der Waals surface area contributed by atoms with E-state index in [-0.39, 0.29) is 32.3 Å². The highest BCUT2D eigenvalue weighted by Crippen LogP contribution is 2.41. The number of thiazole rings is 1. The molecule has 13 nitrogen and oxygen atoms in total. The van der Waals surface area contributed by atoms with Crippen molar-refractivity contribution in [1.29, 1.82) is 0 Å². The molecule has 17 heteroatoms. The largest absolute Gasteiger partial charge is 0.477 e. The number of β-lactam (4-membered cyclic amide) rings is 1. The Balaban J connectivity index is 1.32. The van der Waals surface area contributed by atoms with Crippen LogP contribution in [0.1, 0.15) is 22.9 Å². The molecular weight excluding hydrogens is 693 g/mol. The molecular formula is C30H23Cl2N5O8S2. The van der Waals surface area contributed by atoms with E-state index < -0.39 is 53.6 Å². The number of halogens is 2. The summed E-state index contributed by atoms with van der Waals surface area (Å²) >= 11 is 13.6. The van der Waals surface area contributed by atoms with Crippen LogP contribution in [0.15, 0.2) is 93.0 Å². The van der Waals surface area contributed by atoms with Crippen molar-refractivity contribution in [2.75, 3.05) is 17.7 Å². The van der Waals surface area contributed by atoms with E-state index in [4.69, 9.17) is 32.8 Å². The Kier molecular flexibility index (Phi) is 10.9. The van der Waals surface area contributed by atoms with E-state index in [9.17, 15) is 29.1 Å². The molecule has 3 N–H and O–H groups in total. The van der Waals surface area contributed by atoms with Gasteiger partial charge in [0.25, 0.3) is 11.8 Å². The Morgan fingerprint density at radius 2 is 1.77 bits per heavy atom. The fourth-order valence-corrected chi connectivity index (χ4v) is 6.92. The normalized spacial score (nSPS) is 17.3. The second-order valence-corrected chi connectivity index (χ2v) is 12.6. The molecule has 5 rings (SSSR count). The average molecular weight is 717 g/mol. The number of fused-ring (bicyclic) bond motifs is 1. The van der Waals surface area contributed by atoms with Crippen molar-refractivity contribution in [3.8, 4) is 0 Å². The first kappa shape index (κ1) is 33.7. The minimum absolute atomic E-state index is 0.0214. The minimum Gasteiger partial charge on any atom is -0.477 e. The highest BCUT2D eigenvalue weighted by atomic mass is 35.5. The van der Waals surface area contributed by atoms with Gasteiger partial charge < -0.3 is 25.3 Å². The van der Waals surface area contributed by atoms with Gasteiger partial charge >= 0.3 is 11.9 Å². The van der Waals surface area contributed by atoms with Gasteiger partial charge in [-0.25, -0.2) is 14.6 Å². The summed E-state index contributed by atoms with van der Waals surface area (Å²) < 4.78 is 5.53. The van der Waals surface area contributed by atoms with Crippen LogP contribution in [-0.4, -0.2) is 74.6 Å². The number of nitrogens with zero attached hydrogens (tertiary/aromatic N) is 3. The van der Waals surface area contributed by atoms with Crippen LogP contribution in [0.3, 0.4) is 0 Å². The number of amides is 3. The maximum atomic E-state index is 13.5. The van der Waals surface area contributed by atoms with Gasteiger partial charge in [0.2, 0.25) is 13.0 Å². The number of hydrogen-bond donors (Lipinski definition) is 3. The summed E-state index contributed by atoms with van der Waals surface area (Å²) in [6.07, 6.45) is 0.910. The summed E-state index contributed by atoms with van der Waals surface area (Å²) in [5.41, 5.74) is 0.956. The summed E-state index contributed by atoms with van der Waals surface area (Å²) in [7, 11) is 0. The number of carboxylic acids is 1. The predicted octanol–water partition coefficient (Wildman–Crippen LogP) is 3.82. The number of thioether (sulfide) groups is 1. The fourth-order valence-electron chi connectivity index (χ4n) is 4.70. The summed E-state index contributed by atoms with van der Waals surface area (Å²) in [4.78, 5) is 72.8. The van der Waals surface area contributed by atoms with Crippen LogP contribution < -0.4 is 10.6 Å². The number of nitrogens with one attached hydrogen (secondary N) is 2. The van der Waals surface area contributed by atoms with E-state index in [1.54, 1.807) is 0 Å². The third-order valence-corrected chi connectivity index (χ3v) is 9.00. The molecule has 1 fully saturated rings. The van der Waals surface area contributed by atoms with Gasteiger partial charge in [0.1, 0.15) is 27.3 Å². The van der Waals surface area contributed by atoms with Gasteiger partial charge in [0.15, 0.2) is 16.9 Å². The lowest BCUT2D eigenvalue weighted by Gasteiger charge is -2.49. The van der Waals surface area contributed by atoms with Gasteiger partial charge in [-0.2, -0.15) is 0 Å². The molecule has 47 heavy (non-hydrogen) atoms. The Morgan fingerprint density at radius 3 is 2.36 bits per heavy atom. The molecule has 2 aliphatic heterocycles. The molecule has 2 aliphatic rings. The lowest BCUT2D eigenvalue weighted by molar-refractivity contribution is -0.153. The highest BCUT2D eigenvalue weighted by Gasteiger charge is 2.54. The molecule has 2 atom stereocenters. The molecule has 0 spiro atoms. The van der Waals surface area contributed by atoms with Crippen LogP contribution in [-0.2, 0) is 33.5 Å². The van der Waals surface area contributed by atoms with Crippen molar-refractivity contribution in [2.24, 2.45) is 5.16 Å². The number of oxime groups is 1. The number of ether oxygens (including phenoxy) is 1. The molecule has 1 aromatic heterocycles. The third-order valence-electron chi connectivity index (χ3n) is 6.71. The zero-order valence-electron chi connectivity index (χ0n) is 23.9. The molecule has 0 aliphatic carbocycles. The lowest BCUT2D eigenvalue weighted by atomic mass is 10.0. The predicted molar refractivity (Wildman–Crippen MR) is 175 cm³/mol. The van der Waals surface area contributed by atoms with Gasteiger partial charge in [-0.15, -0.1) is 23.1 Å². The number of esters is 1. The first-order valence-electron chi connectivity index (χ1n) is 13.6.